The van der Waals surface area contributed by atoms with Gasteiger partial charge in [-0.2, -0.15) is 0 Å². The van der Waals surface area contributed by atoms with Crippen molar-refractivity contribution in [2.24, 2.45) is 0 Å². The van der Waals surface area contributed by atoms with Crippen molar-refractivity contribution in [3.63, 3.8) is 0 Å². The van der Waals surface area contributed by atoms with Crippen molar-refractivity contribution in [2.75, 3.05) is 6.54 Å². The van der Waals surface area contributed by atoms with Crippen LogP contribution in [0, 0.1) is 13.8 Å². The Morgan fingerprint density at radius 2 is 2.16 bits per heavy atom. The van der Waals surface area contributed by atoms with Crippen LogP contribution in [0.15, 0.2) is 34.9 Å². The molecule has 2 rings (SSSR count). The Labute approximate surface area is 115 Å². The van der Waals surface area contributed by atoms with Crippen LogP contribution in [0.25, 0.3) is 0 Å². The number of nitrogens with one attached hydrogen (secondary N) is 1. The van der Waals surface area contributed by atoms with Crippen molar-refractivity contribution < 1.29 is 4.42 Å². The zero-order chi connectivity index (χ0) is 13.7. The van der Waals surface area contributed by atoms with E-state index in [2.05, 4.69) is 29.4 Å². The van der Waals surface area contributed by atoms with Crippen LogP contribution in [-0.2, 0) is 6.42 Å². The van der Waals surface area contributed by atoms with Gasteiger partial charge in [-0.1, -0.05) is 13.0 Å². The van der Waals surface area contributed by atoms with Gasteiger partial charge in [0.1, 0.15) is 11.5 Å². The van der Waals surface area contributed by atoms with Gasteiger partial charge in [0.2, 0.25) is 0 Å². The minimum absolute atomic E-state index is 0.271. The average molecular weight is 258 g/mol. The van der Waals surface area contributed by atoms with Gasteiger partial charge in [-0.25, -0.2) is 0 Å². The number of nitrogens with zero attached hydrogens (tertiary/aromatic N) is 1. The van der Waals surface area contributed by atoms with E-state index in [0.29, 0.717) is 0 Å². The van der Waals surface area contributed by atoms with Gasteiger partial charge in [-0.05, 0) is 45.0 Å². The molecule has 2 aromatic rings. The van der Waals surface area contributed by atoms with Crippen LogP contribution in [0.3, 0.4) is 0 Å². The van der Waals surface area contributed by atoms with Crippen LogP contribution < -0.4 is 5.32 Å². The molecule has 2 heterocycles. The number of rotatable bonds is 6. The van der Waals surface area contributed by atoms with Gasteiger partial charge in [-0.15, -0.1) is 0 Å². The third kappa shape index (κ3) is 3.67. The van der Waals surface area contributed by atoms with Gasteiger partial charge in [0.15, 0.2) is 0 Å². The third-order valence-electron chi connectivity index (χ3n) is 3.23. The smallest absolute Gasteiger partial charge is 0.105 e. The minimum Gasteiger partial charge on any atom is -0.466 e. The van der Waals surface area contributed by atoms with Crippen molar-refractivity contribution in [1.29, 1.82) is 0 Å². The topological polar surface area (TPSA) is 38.1 Å². The molecule has 0 saturated heterocycles. The monoisotopic (exact) mass is 258 g/mol. The second kappa shape index (κ2) is 6.53. The SMILES string of the molecule is CCCNC(Cc1ccccn1)c1cc(C)oc1C. The molecule has 0 radical (unpaired) electrons. The second-order valence-electron chi connectivity index (χ2n) is 4.90. The summed E-state index contributed by atoms with van der Waals surface area (Å²) in [7, 11) is 0. The number of hydrogen-bond donors (Lipinski definition) is 1. The molecule has 0 amide bonds. The number of hydrogen-bond acceptors (Lipinski definition) is 3. The van der Waals surface area contributed by atoms with Gasteiger partial charge in [0, 0.05) is 29.9 Å². The molecule has 0 aliphatic rings. The second-order valence-corrected chi connectivity index (χ2v) is 4.90. The summed E-state index contributed by atoms with van der Waals surface area (Å²) in [5, 5.41) is 3.59. The molecule has 0 aliphatic heterocycles. The lowest BCUT2D eigenvalue weighted by atomic mass is 10.0. The maximum atomic E-state index is 5.65. The molecule has 3 nitrogen and oxygen atoms in total. The van der Waals surface area contributed by atoms with Crippen molar-refractivity contribution in [1.82, 2.24) is 10.3 Å². The largest absolute Gasteiger partial charge is 0.466 e. The first-order chi connectivity index (χ1) is 9.20. The molecule has 0 spiro atoms. The normalized spacial score (nSPS) is 12.6. The standard InChI is InChI=1S/C16H22N2O/c1-4-8-18-16(11-14-7-5-6-9-17-14)15-10-12(2)19-13(15)3/h5-7,9-10,16,18H,4,8,11H2,1-3H3. The Morgan fingerprint density at radius 3 is 2.74 bits per heavy atom. The maximum absolute atomic E-state index is 5.65. The van der Waals surface area contributed by atoms with E-state index >= 15 is 0 Å². The molecule has 0 aromatic carbocycles. The lowest BCUT2D eigenvalue weighted by Gasteiger charge is -2.17. The minimum atomic E-state index is 0.271. The molecule has 2 aromatic heterocycles. The van der Waals surface area contributed by atoms with Gasteiger partial charge < -0.3 is 9.73 Å². The fourth-order valence-electron chi connectivity index (χ4n) is 2.34. The van der Waals surface area contributed by atoms with E-state index in [0.717, 1.165) is 36.6 Å². The highest BCUT2D eigenvalue weighted by Gasteiger charge is 2.17. The van der Waals surface area contributed by atoms with E-state index in [-0.39, 0.29) is 6.04 Å². The highest BCUT2D eigenvalue weighted by Crippen LogP contribution is 2.24. The van der Waals surface area contributed by atoms with E-state index in [4.69, 9.17) is 4.42 Å². The molecule has 1 unspecified atom stereocenters. The van der Waals surface area contributed by atoms with E-state index < -0.39 is 0 Å². The van der Waals surface area contributed by atoms with Crippen molar-refractivity contribution in [3.8, 4) is 0 Å². The molecule has 0 saturated carbocycles. The lowest BCUT2D eigenvalue weighted by molar-refractivity contribution is 0.479. The summed E-state index contributed by atoms with van der Waals surface area (Å²) in [6, 6.07) is 8.46. The van der Waals surface area contributed by atoms with Crippen LogP contribution in [0.4, 0.5) is 0 Å². The molecule has 3 heteroatoms. The molecule has 19 heavy (non-hydrogen) atoms. The molecule has 1 N–H and O–H groups in total. The Kier molecular flexibility index (Phi) is 4.74. The van der Waals surface area contributed by atoms with E-state index in [1.165, 1.54) is 5.56 Å². The first kappa shape index (κ1) is 13.8. The molecule has 1 atom stereocenters. The highest BCUT2D eigenvalue weighted by atomic mass is 16.3. The summed E-state index contributed by atoms with van der Waals surface area (Å²) in [5.74, 6) is 1.97. The number of furan rings is 1. The Bertz CT molecular complexity index is 505. The van der Waals surface area contributed by atoms with Crippen LogP contribution in [0.1, 0.15) is 42.2 Å². The van der Waals surface area contributed by atoms with Crippen molar-refractivity contribution >= 4 is 0 Å². The van der Waals surface area contributed by atoms with Crippen LogP contribution >= 0.6 is 0 Å². The fourth-order valence-corrected chi connectivity index (χ4v) is 2.34. The van der Waals surface area contributed by atoms with Gasteiger partial charge in [-0.3, -0.25) is 4.98 Å². The molecule has 0 aliphatic carbocycles. The Balaban J connectivity index is 2.18. The van der Waals surface area contributed by atoms with E-state index in [1.807, 2.05) is 32.2 Å². The quantitative estimate of drug-likeness (QED) is 0.860. The summed E-state index contributed by atoms with van der Waals surface area (Å²) < 4.78 is 5.65. The third-order valence-corrected chi connectivity index (χ3v) is 3.23. The predicted molar refractivity (Wildman–Crippen MR) is 77.2 cm³/mol. The first-order valence-electron chi connectivity index (χ1n) is 6.91. The zero-order valence-corrected chi connectivity index (χ0v) is 11.9. The summed E-state index contributed by atoms with van der Waals surface area (Å²) in [4.78, 5) is 4.42. The van der Waals surface area contributed by atoms with Crippen LogP contribution in [-0.4, -0.2) is 11.5 Å². The Morgan fingerprint density at radius 1 is 1.32 bits per heavy atom. The number of pyridine rings is 1. The summed E-state index contributed by atoms with van der Waals surface area (Å²) in [6.07, 6.45) is 3.86. The van der Waals surface area contributed by atoms with Crippen molar-refractivity contribution in [2.45, 2.75) is 39.7 Å². The summed E-state index contributed by atoms with van der Waals surface area (Å²) >= 11 is 0. The number of aromatic nitrogens is 1. The number of aryl methyl sites for hydroxylation is 2. The zero-order valence-electron chi connectivity index (χ0n) is 11.9. The molecular formula is C16H22N2O. The van der Waals surface area contributed by atoms with Gasteiger partial charge in [0.25, 0.3) is 0 Å². The fraction of sp³-hybridized carbons (Fsp3) is 0.438. The van der Waals surface area contributed by atoms with Gasteiger partial charge >= 0.3 is 0 Å². The molecular weight excluding hydrogens is 236 g/mol. The van der Waals surface area contributed by atoms with E-state index in [1.54, 1.807) is 0 Å². The maximum Gasteiger partial charge on any atom is 0.105 e. The Hall–Kier alpha value is -1.61. The predicted octanol–water partition coefficient (Wildman–Crippen LogP) is 3.57. The lowest BCUT2D eigenvalue weighted by Crippen LogP contribution is -2.24. The molecule has 0 bridgehead atoms. The van der Waals surface area contributed by atoms with E-state index in [9.17, 15) is 0 Å². The first-order valence-corrected chi connectivity index (χ1v) is 6.91. The summed E-state index contributed by atoms with van der Waals surface area (Å²) in [5.41, 5.74) is 2.35. The summed E-state index contributed by atoms with van der Waals surface area (Å²) in [6.45, 7) is 7.20. The average Bonchev–Trinajstić information content (AvgIpc) is 2.75. The van der Waals surface area contributed by atoms with Gasteiger partial charge in [0.05, 0.1) is 0 Å². The van der Waals surface area contributed by atoms with Crippen LogP contribution in [0.5, 0.6) is 0 Å². The molecule has 102 valence electrons. The highest BCUT2D eigenvalue weighted by molar-refractivity contribution is 5.25. The van der Waals surface area contributed by atoms with Crippen molar-refractivity contribution in [3.05, 3.63) is 53.2 Å². The van der Waals surface area contributed by atoms with Crippen LogP contribution in [0.2, 0.25) is 0 Å². The molecule has 0 fully saturated rings.